The predicted octanol–water partition coefficient (Wildman–Crippen LogP) is 3.52. The van der Waals surface area contributed by atoms with Crippen molar-refractivity contribution < 1.29 is 9.59 Å². The van der Waals surface area contributed by atoms with Crippen molar-refractivity contribution in [2.45, 2.75) is 63.2 Å². The Kier molecular flexibility index (Phi) is 7.01. The fourth-order valence-electron chi connectivity index (χ4n) is 6.73. The molecule has 3 aromatic heterocycles. The van der Waals surface area contributed by atoms with Gasteiger partial charge in [-0.3, -0.25) is 24.2 Å². The number of carbonyl (C=O) groups is 2. The Balaban J connectivity index is 0.993. The molecule has 0 aromatic carbocycles. The Bertz CT molecular complexity index is 1650. The second kappa shape index (κ2) is 10.6. The summed E-state index contributed by atoms with van der Waals surface area (Å²) in [5.74, 6) is 0.726. The Morgan fingerprint density at radius 3 is 2.34 bits per heavy atom. The number of hydrogen-bond donors (Lipinski definition) is 0. The summed E-state index contributed by atoms with van der Waals surface area (Å²) in [5.41, 5.74) is 0.774. The van der Waals surface area contributed by atoms with E-state index in [9.17, 15) is 19.2 Å². The third-order valence-electron chi connectivity index (χ3n) is 9.16. The van der Waals surface area contributed by atoms with Crippen LogP contribution >= 0.6 is 43.2 Å². The molecule has 1 unspecified atom stereocenters. The molecule has 0 spiro atoms. The number of aromatic nitrogens is 4. The molecule has 0 radical (unpaired) electrons. The molecule has 13 heteroatoms. The van der Waals surface area contributed by atoms with Crippen LogP contribution in [0.15, 0.2) is 48.7 Å². The molecular weight excluding hydrogens is 676 g/mol. The van der Waals surface area contributed by atoms with Crippen molar-refractivity contribution in [3.8, 4) is 0 Å². The number of halogens is 2. The molecule has 3 saturated carbocycles. The van der Waals surface area contributed by atoms with E-state index in [1.807, 2.05) is 6.07 Å². The van der Waals surface area contributed by atoms with Gasteiger partial charge in [0.25, 0.3) is 0 Å². The van der Waals surface area contributed by atoms with Gasteiger partial charge in [0.1, 0.15) is 5.01 Å². The van der Waals surface area contributed by atoms with Gasteiger partial charge in [0.15, 0.2) is 0 Å². The first-order chi connectivity index (χ1) is 19.7. The Morgan fingerprint density at radius 1 is 0.829 bits per heavy atom. The van der Waals surface area contributed by atoms with Crippen LogP contribution in [0, 0.1) is 11.8 Å². The average molecular weight is 704 g/mol. The highest BCUT2D eigenvalue weighted by Gasteiger charge is 2.47. The van der Waals surface area contributed by atoms with Gasteiger partial charge in [-0.15, -0.1) is 11.3 Å². The van der Waals surface area contributed by atoms with Crippen LogP contribution in [0.5, 0.6) is 0 Å². The average Bonchev–Trinajstić information content (AvgIpc) is 3.31. The number of amides is 2. The summed E-state index contributed by atoms with van der Waals surface area (Å²) in [5, 5.41) is 0.794. The van der Waals surface area contributed by atoms with Crippen molar-refractivity contribution in [3.63, 3.8) is 0 Å². The Labute approximate surface area is 256 Å². The maximum atomic E-state index is 12.9. The molecular formula is C28H28Br2N6O4S. The van der Waals surface area contributed by atoms with Crippen LogP contribution in [0.1, 0.15) is 60.3 Å². The summed E-state index contributed by atoms with van der Waals surface area (Å²) in [6.07, 6.45) is 11.6. The molecule has 4 fully saturated rings. The van der Waals surface area contributed by atoms with E-state index in [1.165, 1.54) is 22.3 Å². The second-order valence-electron chi connectivity index (χ2n) is 11.6. The Hall–Kier alpha value is -2.64. The van der Waals surface area contributed by atoms with Crippen LogP contribution in [0.4, 0.5) is 0 Å². The quantitative estimate of drug-likeness (QED) is 0.349. The lowest BCUT2D eigenvalue weighted by Crippen LogP contribution is -2.59. The van der Waals surface area contributed by atoms with Gasteiger partial charge in [-0.25, -0.2) is 4.98 Å². The standard InChI is InChI=1S/C28H28Br2N6O4S/c29-22-11-31-18(13-33-1-3-35(27(39)25(33)37)19-6-15-5-16(15)7-19)10-21(22)17-8-20(9-17)36-4-2-34(26(38)28(36)40)14-24-32-12-23(30)41-24/h1,3,10-12,15-17,19-20H,2,4-9,13-14H2/t15-,16+,17?,19?,20?. The van der Waals surface area contributed by atoms with Gasteiger partial charge < -0.3 is 18.9 Å². The first-order valence-corrected chi connectivity index (χ1v) is 16.3. The zero-order valence-electron chi connectivity index (χ0n) is 22.1. The molecule has 0 N–H and O–H groups in total. The number of pyridine rings is 1. The number of fused-ring (bicyclic) bond motifs is 1. The highest BCUT2D eigenvalue weighted by Crippen LogP contribution is 2.55. The molecule has 0 bridgehead atoms. The minimum Gasteiger partial charge on any atom is -0.330 e. The van der Waals surface area contributed by atoms with Crippen molar-refractivity contribution in [3.05, 3.63) is 76.1 Å². The van der Waals surface area contributed by atoms with Crippen LogP contribution in [-0.2, 0) is 22.7 Å². The van der Waals surface area contributed by atoms with Crippen LogP contribution in [0.3, 0.4) is 0 Å². The lowest BCUT2D eigenvalue weighted by Gasteiger charge is -2.46. The van der Waals surface area contributed by atoms with E-state index in [0.29, 0.717) is 25.3 Å². The van der Waals surface area contributed by atoms with E-state index in [1.54, 1.807) is 39.2 Å². The molecule has 1 saturated heterocycles. The van der Waals surface area contributed by atoms with E-state index in [2.05, 4.69) is 41.8 Å². The van der Waals surface area contributed by atoms with E-state index in [4.69, 9.17) is 0 Å². The largest absolute Gasteiger partial charge is 0.330 e. The number of rotatable bonds is 7. The van der Waals surface area contributed by atoms with Gasteiger partial charge in [0, 0.05) is 48.2 Å². The summed E-state index contributed by atoms with van der Waals surface area (Å²) in [7, 11) is 0. The molecule has 3 atom stereocenters. The highest BCUT2D eigenvalue weighted by molar-refractivity contribution is 9.11. The normalized spacial score (nSPS) is 27.2. The molecule has 10 nitrogen and oxygen atoms in total. The van der Waals surface area contributed by atoms with Crippen molar-refractivity contribution >= 4 is 55.0 Å². The first-order valence-electron chi connectivity index (χ1n) is 13.9. The van der Waals surface area contributed by atoms with Crippen molar-refractivity contribution in [1.29, 1.82) is 0 Å². The summed E-state index contributed by atoms with van der Waals surface area (Å²) in [6, 6.07) is 2.13. The first kappa shape index (κ1) is 27.2. The zero-order chi connectivity index (χ0) is 28.4. The SMILES string of the molecule is O=C1C(=O)N(C2CC(c3cc(Cn4ccn(C5C[C@@H]6C[C@@H]6C5)c(=O)c4=O)ncc3Br)C2)CCN1Cc1ncc(Br)s1. The fraction of sp³-hybridized carbons (Fsp3) is 0.500. The molecule has 2 amide bonds. The van der Waals surface area contributed by atoms with Crippen LogP contribution in [-0.4, -0.2) is 59.8 Å². The molecule has 41 heavy (non-hydrogen) atoms. The monoisotopic (exact) mass is 702 g/mol. The van der Waals surface area contributed by atoms with E-state index in [-0.39, 0.29) is 24.5 Å². The zero-order valence-corrected chi connectivity index (χ0v) is 26.1. The minimum absolute atomic E-state index is 0.00737. The van der Waals surface area contributed by atoms with Gasteiger partial charge in [-0.1, -0.05) is 0 Å². The number of piperazine rings is 1. The minimum atomic E-state index is -0.520. The third kappa shape index (κ3) is 5.14. The maximum Gasteiger partial charge on any atom is 0.316 e. The summed E-state index contributed by atoms with van der Waals surface area (Å²) >= 11 is 8.46. The molecule has 1 aliphatic heterocycles. The third-order valence-corrected chi connectivity index (χ3v) is 11.3. The van der Waals surface area contributed by atoms with Gasteiger partial charge in [0.2, 0.25) is 0 Å². The van der Waals surface area contributed by atoms with Gasteiger partial charge in [0.05, 0.1) is 28.8 Å². The van der Waals surface area contributed by atoms with Crippen molar-refractivity contribution in [2.24, 2.45) is 11.8 Å². The van der Waals surface area contributed by atoms with Crippen molar-refractivity contribution in [2.75, 3.05) is 13.1 Å². The lowest BCUT2D eigenvalue weighted by atomic mass is 9.75. The number of thiazole rings is 1. The summed E-state index contributed by atoms with van der Waals surface area (Å²) in [6.45, 7) is 1.55. The van der Waals surface area contributed by atoms with Crippen LogP contribution < -0.4 is 11.1 Å². The van der Waals surface area contributed by atoms with E-state index >= 15 is 0 Å². The van der Waals surface area contributed by atoms with Crippen molar-refractivity contribution in [1.82, 2.24) is 28.9 Å². The Morgan fingerprint density at radius 2 is 1.61 bits per heavy atom. The van der Waals surface area contributed by atoms with Gasteiger partial charge in [-0.05, 0) is 93.3 Å². The van der Waals surface area contributed by atoms with Gasteiger partial charge in [-0.2, -0.15) is 0 Å². The van der Waals surface area contributed by atoms with E-state index < -0.39 is 22.9 Å². The predicted molar refractivity (Wildman–Crippen MR) is 159 cm³/mol. The van der Waals surface area contributed by atoms with Gasteiger partial charge >= 0.3 is 22.9 Å². The molecule has 7 rings (SSSR count). The molecule has 4 heterocycles. The molecule has 3 aliphatic carbocycles. The smallest absolute Gasteiger partial charge is 0.316 e. The number of carbonyl (C=O) groups excluding carboxylic acids is 2. The summed E-state index contributed by atoms with van der Waals surface area (Å²) < 4.78 is 4.83. The lowest BCUT2D eigenvalue weighted by molar-refractivity contribution is -0.159. The summed E-state index contributed by atoms with van der Waals surface area (Å²) in [4.78, 5) is 63.6. The topological polar surface area (TPSA) is 110 Å². The molecule has 4 aliphatic rings. The second-order valence-corrected chi connectivity index (χ2v) is 15.0. The molecule has 3 aromatic rings. The number of nitrogens with zero attached hydrogens (tertiary/aromatic N) is 6. The van der Waals surface area contributed by atoms with E-state index in [0.717, 1.165) is 56.3 Å². The number of hydrogen-bond acceptors (Lipinski definition) is 7. The molecule has 214 valence electrons. The fourth-order valence-corrected chi connectivity index (χ4v) is 8.59. The maximum absolute atomic E-state index is 12.9. The van der Waals surface area contributed by atoms with Crippen LogP contribution in [0.25, 0.3) is 0 Å². The van der Waals surface area contributed by atoms with Crippen LogP contribution in [0.2, 0.25) is 0 Å². The highest BCUT2D eigenvalue weighted by atomic mass is 79.9.